The predicted octanol–water partition coefficient (Wildman–Crippen LogP) is 3.58. The van der Waals surface area contributed by atoms with E-state index >= 15 is 0 Å². The van der Waals surface area contributed by atoms with Gasteiger partial charge in [-0.1, -0.05) is 12.1 Å². The molecule has 0 fully saturated rings. The molecule has 0 bridgehead atoms. The van der Waals surface area contributed by atoms with Crippen molar-refractivity contribution in [1.29, 1.82) is 0 Å². The zero-order valence-electron chi connectivity index (χ0n) is 16.6. The van der Waals surface area contributed by atoms with Gasteiger partial charge in [0.1, 0.15) is 5.82 Å². The Kier molecular flexibility index (Phi) is 7.99. The zero-order valence-corrected chi connectivity index (χ0v) is 16.6. The van der Waals surface area contributed by atoms with Gasteiger partial charge >= 0.3 is 5.97 Å². The van der Waals surface area contributed by atoms with Gasteiger partial charge in [0.2, 0.25) is 0 Å². The first kappa shape index (κ1) is 21.4. The number of nitrogens with zero attached hydrogens (tertiary/aromatic N) is 1. The summed E-state index contributed by atoms with van der Waals surface area (Å²) in [6.07, 6.45) is -0.331. The van der Waals surface area contributed by atoms with Crippen molar-refractivity contribution in [2.24, 2.45) is 0 Å². The van der Waals surface area contributed by atoms with Crippen LogP contribution < -0.4 is 10.2 Å². The van der Waals surface area contributed by atoms with Crippen LogP contribution in [0.1, 0.15) is 36.7 Å². The molecule has 2 rings (SSSR count). The minimum absolute atomic E-state index is 0.293. The molecular weight excluding hydrogens is 359 g/mol. The van der Waals surface area contributed by atoms with Gasteiger partial charge in [0.25, 0.3) is 5.91 Å². The Hall–Kier alpha value is -2.89. The molecule has 5 nitrogen and oxygen atoms in total. The van der Waals surface area contributed by atoms with Gasteiger partial charge < -0.3 is 15.0 Å². The summed E-state index contributed by atoms with van der Waals surface area (Å²) in [5.41, 5.74) is 2.36. The third kappa shape index (κ3) is 6.08. The number of esters is 1. The number of carbonyl (C=O) groups is 2. The second-order valence-corrected chi connectivity index (χ2v) is 6.43. The van der Waals surface area contributed by atoms with E-state index in [9.17, 15) is 14.0 Å². The van der Waals surface area contributed by atoms with Gasteiger partial charge in [-0.15, -0.1) is 0 Å². The second-order valence-electron chi connectivity index (χ2n) is 6.43. The second kappa shape index (κ2) is 10.4. The van der Waals surface area contributed by atoms with Crippen molar-refractivity contribution >= 4 is 17.6 Å². The lowest BCUT2D eigenvalue weighted by Gasteiger charge is -2.21. The summed E-state index contributed by atoms with van der Waals surface area (Å²) in [7, 11) is 0. The topological polar surface area (TPSA) is 58.6 Å². The van der Waals surface area contributed by atoms with Crippen LogP contribution in [0, 0.1) is 5.82 Å². The molecule has 1 atom stereocenters. The molecule has 0 saturated carbocycles. The van der Waals surface area contributed by atoms with E-state index in [1.807, 2.05) is 12.1 Å². The molecule has 0 aliphatic rings. The number of anilines is 1. The first-order valence-corrected chi connectivity index (χ1v) is 9.52. The van der Waals surface area contributed by atoms with Gasteiger partial charge in [-0.05, 0) is 69.2 Å². The highest BCUT2D eigenvalue weighted by Gasteiger charge is 2.18. The molecule has 1 N–H and O–H groups in total. The molecule has 1 amide bonds. The summed E-state index contributed by atoms with van der Waals surface area (Å²) in [6, 6.07) is 13.3. The molecule has 0 unspecified atom stereocenters. The van der Waals surface area contributed by atoms with Gasteiger partial charge in [-0.25, -0.2) is 9.18 Å². The molecule has 0 aliphatic heterocycles. The van der Waals surface area contributed by atoms with Crippen molar-refractivity contribution in [3.63, 3.8) is 0 Å². The van der Waals surface area contributed by atoms with Crippen molar-refractivity contribution in [3.05, 3.63) is 65.5 Å². The first-order valence-electron chi connectivity index (χ1n) is 9.52. The maximum Gasteiger partial charge on any atom is 0.338 e. The van der Waals surface area contributed by atoms with Crippen LogP contribution in [0.3, 0.4) is 0 Å². The van der Waals surface area contributed by atoms with E-state index in [1.165, 1.54) is 19.1 Å². The molecular formula is C22H27FN2O3. The van der Waals surface area contributed by atoms with Crippen LogP contribution in [-0.4, -0.2) is 37.6 Å². The molecule has 0 radical (unpaired) electrons. The SMILES string of the molecule is CCN(CC)c1ccc(C(=O)O[C@H](C)C(=O)NCCc2ccc(F)cc2)cc1. The number of benzene rings is 2. The molecule has 28 heavy (non-hydrogen) atoms. The molecule has 0 spiro atoms. The molecule has 0 saturated heterocycles. The normalized spacial score (nSPS) is 11.6. The maximum atomic E-state index is 12.9. The van der Waals surface area contributed by atoms with E-state index in [4.69, 9.17) is 4.74 Å². The highest BCUT2D eigenvalue weighted by Crippen LogP contribution is 2.16. The third-order valence-electron chi connectivity index (χ3n) is 4.51. The lowest BCUT2D eigenvalue weighted by molar-refractivity contribution is -0.129. The van der Waals surface area contributed by atoms with E-state index in [-0.39, 0.29) is 11.7 Å². The quantitative estimate of drug-likeness (QED) is 0.670. The zero-order chi connectivity index (χ0) is 20.5. The standard InChI is InChI=1S/C22H27FN2O3/c1-4-25(5-2)20-12-8-18(9-13-20)22(27)28-16(3)21(26)24-15-14-17-6-10-19(23)11-7-17/h6-13,16H,4-5,14-15H2,1-3H3,(H,24,26)/t16-/m1/s1. The highest BCUT2D eigenvalue weighted by molar-refractivity contribution is 5.92. The fraction of sp³-hybridized carbons (Fsp3) is 0.364. The minimum atomic E-state index is -0.900. The minimum Gasteiger partial charge on any atom is -0.449 e. The van der Waals surface area contributed by atoms with Gasteiger partial charge in [-0.2, -0.15) is 0 Å². The number of hydrogen-bond donors (Lipinski definition) is 1. The Morgan fingerprint density at radius 2 is 1.64 bits per heavy atom. The Morgan fingerprint density at radius 3 is 2.21 bits per heavy atom. The number of rotatable bonds is 9. The van der Waals surface area contributed by atoms with Crippen LogP contribution in [0.25, 0.3) is 0 Å². The van der Waals surface area contributed by atoms with Crippen molar-refractivity contribution < 1.29 is 18.7 Å². The molecule has 6 heteroatoms. The van der Waals surface area contributed by atoms with Crippen LogP contribution in [0.2, 0.25) is 0 Å². The molecule has 2 aromatic rings. The Bertz CT molecular complexity index is 771. The van der Waals surface area contributed by atoms with Gasteiger partial charge in [0.05, 0.1) is 5.56 Å². The van der Waals surface area contributed by atoms with Crippen LogP contribution in [0.15, 0.2) is 48.5 Å². The summed E-state index contributed by atoms with van der Waals surface area (Å²) in [4.78, 5) is 26.5. The summed E-state index contributed by atoms with van der Waals surface area (Å²) in [6.45, 7) is 7.83. The van der Waals surface area contributed by atoms with Crippen LogP contribution in [0.4, 0.5) is 10.1 Å². The lowest BCUT2D eigenvalue weighted by atomic mass is 10.1. The fourth-order valence-electron chi connectivity index (χ4n) is 2.80. The third-order valence-corrected chi connectivity index (χ3v) is 4.51. The van der Waals surface area contributed by atoms with Crippen LogP contribution >= 0.6 is 0 Å². The molecule has 0 heterocycles. The smallest absolute Gasteiger partial charge is 0.338 e. The number of halogens is 1. The number of hydrogen-bond acceptors (Lipinski definition) is 4. The number of nitrogens with one attached hydrogen (secondary N) is 1. The monoisotopic (exact) mass is 386 g/mol. The van der Waals surface area contributed by atoms with Crippen molar-refractivity contribution in [3.8, 4) is 0 Å². The molecule has 150 valence electrons. The Labute approximate surface area is 165 Å². The number of ether oxygens (including phenoxy) is 1. The van der Waals surface area contributed by atoms with Crippen LogP contribution in [-0.2, 0) is 16.0 Å². The van der Waals surface area contributed by atoms with E-state index in [0.717, 1.165) is 24.3 Å². The lowest BCUT2D eigenvalue weighted by Crippen LogP contribution is -2.36. The Balaban J connectivity index is 1.82. The molecule has 0 aromatic heterocycles. The first-order chi connectivity index (χ1) is 13.4. The van der Waals surface area contributed by atoms with Crippen LogP contribution in [0.5, 0.6) is 0 Å². The summed E-state index contributed by atoms with van der Waals surface area (Å²) in [5, 5.41) is 2.73. The Morgan fingerprint density at radius 1 is 1.04 bits per heavy atom. The van der Waals surface area contributed by atoms with Gasteiger partial charge in [-0.3, -0.25) is 4.79 Å². The van der Waals surface area contributed by atoms with Gasteiger partial charge in [0, 0.05) is 25.3 Å². The maximum absolute atomic E-state index is 12.9. The number of carbonyl (C=O) groups excluding carboxylic acids is 2. The summed E-state index contributed by atoms with van der Waals surface area (Å²) < 4.78 is 18.1. The average Bonchev–Trinajstić information content (AvgIpc) is 2.70. The molecule has 0 aliphatic carbocycles. The number of amides is 1. The van der Waals surface area contributed by atoms with Crippen molar-refractivity contribution in [2.45, 2.75) is 33.3 Å². The van der Waals surface area contributed by atoms with E-state index in [0.29, 0.717) is 18.5 Å². The average molecular weight is 386 g/mol. The van der Waals surface area contributed by atoms with Crippen molar-refractivity contribution in [1.82, 2.24) is 5.32 Å². The van der Waals surface area contributed by atoms with Crippen molar-refractivity contribution in [2.75, 3.05) is 24.5 Å². The van der Waals surface area contributed by atoms with E-state index in [1.54, 1.807) is 24.3 Å². The highest BCUT2D eigenvalue weighted by atomic mass is 19.1. The summed E-state index contributed by atoms with van der Waals surface area (Å²) in [5.74, 6) is -1.19. The summed E-state index contributed by atoms with van der Waals surface area (Å²) >= 11 is 0. The predicted molar refractivity (Wildman–Crippen MR) is 108 cm³/mol. The largest absolute Gasteiger partial charge is 0.449 e. The van der Waals surface area contributed by atoms with Gasteiger partial charge in [0.15, 0.2) is 6.10 Å². The fourth-order valence-corrected chi connectivity index (χ4v) is 2.80. The molecule has 2 aromatic carbocycles. The van der Waals surface area contributed by atoms with E-state index < -0.39 is 12.1 Å². The van der Waals surface area contributed by atoms with E-state index in [2.05, 4.69) is 24.1 Å².